The first-order valence-electron chi connectivity index (χ1n) is 8.88. The van der Waals surface area contributed by atoms with Crippen LogP contribution in [0.3, 0.4) is 0 Å². The smallest absolute Gasteiger partial charge is 0.217 e. The Morgan fingerprint density at radius 2 is 1.96 bits per heavy atom. The van der Waals surface area contributed by atoms with Crippen LogP contribution in [0.5, 0.6) is 0 Å². The number of aryl methyl sites for hydroxylation is 1. The number of benzene rings is 1. The molecule has 0 radical (unpaired) electrons. The lowest BCUT2D eigenvalue weighted by atomic mass is 9.66. The van der Waals surface area contributed by atoms with Gasteiger partial charge in [-0.15, -0.1) is 0 Å². The zero-order valence-electron chi connectivity index (χ0n) is 14.8. The predicted molar refractivity (Wildman–Crippen MR) is 92.1 cm³/mol. The SMILES string of the molecule is CC(=O)N[C@]1(C)C[C@H](c2ccc(C)cc2)O[C@@H]2C[C@H](C)CC[C@H]21. The van der Waals surface area contributed by atoms with Gasteiger partial charge in [0.2, 0.25) is 5.91 Å². The van der Waals surface area contributed by atoms with Crippen molar-refractivity contribution in [1.82, 2.24) is 5.32 Å². The molecule has 2 aliphatic rings. The maximum absolute atomic E-state index is 11.8. The van der Waals surface area contributed by atoms with Crippen LogP contribution in [0.25, 0.3) is 0 Å². The first-order valence-corrected chi connectivity index (χ1v) is 8.88. The largest absolute Gasteiger partial charge is 0.370 e. The third-order valence-electron chi connectivity index (χ3n) is 5.73. The summed E-state index contributed by atoms with van der Waals surface area (Å²) in [5.41, 5.74) is 2.31. The zero-order chi connectivity index (χ0) is 16.6. The fourth-order valence-electron chi connectivity index (χ4n) is 4.53. The Hall–Kier alpha value is -1.35. The maximum Gasteiger partial charge on any atom is 0.217 e. The molecular formula is C20H29NO2. The summed E-state index contributed by atoms with van der Waals surface area (Å²) in [6.07, 6.45) is 4.64. The lowest BCUT2D eigenvalue weighted by Crippen LogP contribution is -2.60. The van der Waals surface area contributed by atoms with E-state index < -0.39 is 0 Å². The highest BCUT2D eigenvalue weighted by Crippen LogP contribution is 2.47. The van der Waals surface area contributed by atoms with Crippen LogP contribution >= 0.6 is 0 Å². The summed E-state index contributed by atoms with van der Waals surface area (Å²) in [6, 6.07) is 8.62. The molecule has 1 heterocycles. The summed E-state index contributed by atoms with van der Waals surface area (Å²) in [5, 5.41) is 3.26. The van der Waals surface area contributed by atoms with E-state index in [0.29, 0.717) is 11.8 Å². The summed E-state index contributed by atoms with van der Waals surface area (Å²) < 4.78 is 6.51. The van der Waals surface area contributed by atoms with Crippen molar-refractivity contribution in [3.8, 4) is 0 Å². The van der Waals surface area contributed by atoms with Crippen LogP contribution in [0.15, 0.2) is 24.3 Å². The summed E-state index contributed by atoms with van der Waals surface area (Å²) in [6.45, 7) is 8.25. The van der Waals surface area contributed by atoms with E-state index in [1.807, 2.05) is 0 Å². The molecule has 0 spiro atoms. The number of amides is 1. The Bertz CT molecular complexity index is 568. The van der Waals surface area contributed by atoms with Gasteiger partial charge < -0.3 is 10.1 Å². The lowest BCUT2D eigenvalue weighted by molar-refractivity contribution is -0.153. The van der Waals surface area contributed by atoms with E-state index in [4.69, 9.17) is 4.74 Å². The molecular weight excluding hydrogens is 286 g/mol. The summed E-state index contributed by atoms with van der Waals surface area (Å²) >= 11 is 0. The quantitative estimate of drug-likeness (QED) is 0.890. The Morgan fingerprint density at radius 1 is 1.26 bits per heavy atom. The molecule has 5 atom stereocenters. The van der Waals surface area contributed by atoms with E-state index >= 15 is 0 Å². The van der Waals surface area contributed by atoms with Crippen LogP contribution in [0, 0.1) is 18.8 Å². The number of nitrogens with one attached hydrogen (secondary N) is 1. The van der Waals surface area contributed by atoms with Gasteiger partial charge in [-0.3, -0.25) is 4.79 Å². The van der Waals surface area contributed by atoms with Crippen LogP contribution in [-0.4, -0.2) is 17.6 Å². The van der Waals surface area contributed by atoms with E-state index in [0.717, 1.165) is 19.3 Å². The standard InChI is InChI=1S/C20H29NO2/c1-13-5-8-16(9-6-13)19-12-20(4,21-15(3)22)17-10-7-14(2)11-18(17)23-19/h5-6,8-9,14,17-19H,7,10-12H2,1-4H3,(H,21,22)/t14-,17-,18-,19-,20-/m1/s1. The van der Waals surface area contributed by atoms with Gasteiger partial charge in [0.1, 0.15) is 0 Å². The molecule has 1 aromatic rings. The summed E-state index contributed by atoms with van der Waals surface area (Å²) in [5.74, 6) is 1.19. The molecule has 3 nitrogen and oxygen atoms in total. The molecule has 3 rings (SSSR count). The van der Waals surface area contributed by atoms with Crippen LogP contribution < -0.4 is 5.32 Å². The van der Waals surface area contributed by atoms with E-state index in [1.165, 1.54) is 17.5 Å². The topological polar surface area (TPSA) is 38.3 Å². The van der Waals surface area contributed by atoms with Crippen LogP contribution in [0.4, 0.5) is 0 Å². The van der Waals surface area contributed by atoms with Crippen LogP contribution in [0.1, 0.15) is 63.7 Å². The molecule has 1 saturated carbocycles. The minimum absolute atomic E-state index is 0.0643. The fraction of sp³-hybridized carbons (Fsp3) is 0.650. The molecule has 23 heavy (non-hydrogen) atoms. The Labute approximate surface area is 139 Å². The highest BCUT2D eigenvalue weighted by Gasteiger charge is 2.49. The molecule has 126 valence electrons. The monoisotopic (exact) mass is 315 g/mol. The molecule has 1 amide bonds. The normalized spacial score (nSPS) is 37.0. The van der Waals surface area contributed by atoms with Gasteiger partial charge in [-0.25, -0.2) is 0 Å². The van der Waals surface area contributed by atoms with Crippen molar-refractivity contribution in [2.24, 2.45) is 11.8 Å². The third kappa shape index (κ3) is 3.45. The second-order valence-electron chi connectivity index (χ2n) is 7.90. The Kier molecular flexibility index (Phi) is 4.50. The summed E-state index contributed by atoms with van der Waals surface area (Å²) in [4.78, 5) is 11.8. The highest BCUT2D eigenvalue weighted by molar-refractivity contribution is 5.73. The average Bonchev–Trinajstić information content (AvgIpc) is 2.46. The molecule has 1 aliphatic heterocycles. The zero-order valence-corrected chi connectivity index (χ0v) is 14.8. The number of carbonyl (C=O) groups excluding carboxylic acids is 1. The maximum atomic E-state index is 11.8. The first kappa shape index (κ1) is 16.5. The van der Waals surface area contributed by atoms with Crippen molar-refractivity contribution in [3.63, 3.8) is 0 Å². The molecule has 1 saturated heterocycles. The molecule has 1 N–H and O–H groups in total. The lowest BCUT2D eigenvalue weighted by Gasteiger charge is -2.52. The number of hydrogen-bond acceptors (Lipinski definition) is 2. The van der Waals surface area contributed by atoms with E-state index in [1.54, 1.807) is 6.92 Å². The minimum Gasteiger partial charge on any atom is -0.370 e. The van der Waals surface area contributed by atoms with Crippen molar-refractivity contribution < 1.29 is 9.53 Å². The first-order chi connectivity index (χ1) is 10.9. The number of ether oxygens (including phenoxy) is 1. The number of carbonyl (C=O) groups is 1. The van der Waals surface area contributed by atoms with E-state index in [2.05, 4.69) is 50.4 Å². The summed E-state index contributed by atoms with van der Waals surface area (Å²) in [7, 11) is 0. The van der Waals surface area contributed by atoms with Crippen molar-refractivity contribution in [2.45, 2.75) is 71.1 Å². The van der Waals surface area contributed by atoms with Crippen molar-refractivity contribution in [1.29, 1.82) is 0 Å². The van der Waals surface area contributed by atoms with Gasteiger partial charge in [0.25, 0.3) is 0 Å². The van der Waals surface area contributed by atoms with Gasteiger partial charge in [-0.1, -0.05) is 43.2 Å². The van der Waals surface area contributed by atoms with E-state index in [9.17, 15) is 4.79 Å². The van der Waals surface area contributed by atoms with Gasteiger partial charge in [-0.05, 0) is 38.2 Å². The molecule has 1 aromatic carbocycles. The fourth-order valence-corrected chi connectivity index (χ4v) is 4.53. The number of fused-ring (bicyclic) bond motifs is 1. The second-order valence-corrected chi connectivity index (χ2v) is 7.90. The average molecular weight is 315 g/mol. The van der Waals surface area contributed by atoms with Gasteiger partial charge in [0.15, 0.2) is 0 Å². The Balaban J connectivity index is 1.88. The molecule has 0 aromatic heterocycles. The van der Waals surface area contributed by atoms with E-state index in [-0.39, 0.29) is 23.7 Å². The van der Waals surface area contributed by atoms with Gasteiger partial charge in [0.05, 0.1) is 12.2 Å². The molecule has 1 aliphatic carbocycles. The molecule has 3 heteroatoms. The minimum atomic E-state index is -0.176. The number of rotatable bonds is 2. The van der Waals surface area contributed by atoms with Gasteiger partial charge in [0, 0.05) is 24.8 Å². The van der Waals surface area contributed by atoms with Crippen molar-refractivity contribution in [2.75, 3.05) is 0 Å². The van der Waals surface area contributed by atoms with Crippen molar-refractivity contribution in [3.05, 3.63) is 35.4 Å². The van der Waals surface area contributed by atoms with Crippen LogP contribution in [0.2, 0.25) is 0 Å². The highest BCUT2D eigenvalue weighted by atomic mass is 16.5. The van der Waals surface area contributed by atoms with Gasteiger partial charge in [-0.2, -0.15) is 0 Å². The van der Waals surface area contributed by atoms with Crippen LogP contribution in [-0.2, 0) is 9.53 Å². The molecule has 0 bridgehead atoms. The molecule has 2 fully saturated rings. The predicted octanol–water partition coefficient (Wildman–Crippen LogP) is 4.16. The second kappa shape index (κ2) is 6.27. The van der Waals surface area contributed by atoms with Crippen molar-refractivity contribution >= 4 is 5.91 Å². The number of hydrogen-bond donors (Lipinski definition) is 1. The third-order valence-corrected chi connectivity index (χ3v) is 5.73. The van der Waals surface area contributed by atoms with Gasteiger partial charge >= 0.3 is 0 Å². The molecule has 0 unspecified atom stereocenters. The Morgan fingerprint density at radius 3 is 2.61 bits per heavy atom.